The highest BCUT2D eigenvalue weighted by Gasteiger charge is 2.38. The summed E-state index contributed by atoms with van der Waals surface area (Å²) < 4.78 is 5.52. The Hall–Kier alpha value is -1.55. The van der Waals surface area contributed by atoms with Crippen LogP contribution in [-0.4, -0.2) is 37.6 Å². The van der Waals surface area contributed by atoms with Crippen LogP contribution >= 0.6 is 0 Å². The molecule has 4 nitrogen and oxygen atoms in total. The average Bonchev–Trinajstić information content (AvgIpc) is 2.54. The Morgan fingerprint density at radius 2 is 2.26 bits per heavy atom. The lowest BCUT2D eigenvalue weighted by atomic mass is 9.90. The second-order valence-electron chi connectivity index (χ2n) is 5.09. The van der Waals surface area contributed by atoms with Gasteiger partial charge < -0.3 is 9.64 Å². The number of hydrogen-bond acceptors (Lipinski definition) is 3. The number of carbonyl (C=O) groups is 1. The Labute approximate surface area is 114 Å². The molecule has 1 atom stereocenters. The Morgan fingerprint density at radius 1 is 1.47 bits per heavy atom. The third-order valence-electron chi connectivity index (χ3n) is 3.65. The number of nitrogens with zero attached hydrogens (tertiary/aromatic N) is 1. The molecule has 0 bridgehead atoms. The number of hydrogen-bond donors (Lipinski definition) is 1. The van der Waals surface area contributed by atoms with Gasteiger partial charge >= 0.3 is 0 Å². The summed E-state index contributed by atoms with van der Waals surface area (Å²) in [4.78, 5) is 14.4. The van der Waals surface area contributed by atoms with Crippen LogP contribution in [0, 0.1) is 0 Å². The van der Waals surface area contributed by atoms with Gasteiger partial charge in [-0.25, -0.2) is 0 Å². The number of carbonyl (C=O) groups excluding carboxylic acids is 1. The Bertz CT molecular complexity index is 461. The van der Waals surface area contributed by atoms with Crippen LogP contribution in [-0.2, 0) is 10.3 Å². The minimum absolute atomic E-state index is 0.110. The molecule has 1 aromatic carbocycles. The van der Waals surface area contributed by atoms with E-state index in [9.17, 15) is 4.79 Å². The fraction of sp³-hybridized carbons (Fsp3) is 0.533. The summed E-state index contributed by atoms with van der Waals surface area (Å²) in [6, 6.07) is 7.78. The maximum atomic E-state index is 12.6. The van der Waals surface area contributed by atoms with E-state index in [1.165, 1.54) is 0 Å². The van der Waals surface area contributed by atoms with Crippen molar-refractivity contribution in [3.63, 3.8) is 0 Å². The van der Waals surface area contributed by atoms with E-state index in [4.69, 9.17) is 4.74 Å². The van der Waals surface area contributed by atoms with Crippen molar-refractivity contribution in [3.05, 3.63) is 29.8 Å². The normalized spacial score (nSPS) is 24.2. The van der Waals surface area contributed by atoms with Crippen molar-refractivity contribution in [1.82, 2.24) is 10.2 Å². The summed E-state index contributed by atoms with van der Waals surface area (Å²) >= 11 is 0. The molecule has 1 fully saturated rings. The number of rotatable bonds is 3. The first-order valence-corrected chi connectivity index (χ1v) is 6.82. The molecule has 1 unspecified atom stereocenters. The molecule has 19 heavy (non-hydrogen) atoms. The number of benzene rings is 1. The van der Waals surface area contributed by atoms with Crippen molar-refractivity contribution < 1.29 is 9.53 Å². The van der Waals surface area contributed by atoms with Crippen molar-refractivity contribution >= 4 is 5.91 Å². The highest BCUT2D eigenvalue weighted by atomic mass is 16.5. The minimum atomic E-state index is -0.668. The van der Waals surface area contributed by atoms with Crippen LogP contribution in [0.4, 0.5) is 0 Å². The molecule has 1 aromatic rings. The first kappa shape index (κ1) is 13.9. The first-order chi connectivity index (χ1) is 9.08. The molecule has 0 spiro atoms. The zero-order valence-electron chi connectivity index (χ0n) is 11.9. The van der Waals surface area contributed by atoms with Gasteiger partial charge in [0.25, 0.3) is 0 Å². The molecule has 1 aliphatic rings. The second-order valence-corrected chi connectivity index (χ2v) is 5.09. The third kappa shape index (κ3) is 2.73. The van der Waals surface area contributed by atoms with Gasteiger partial charge in [0.15, 0.2) is 0 Å². The predicted molar refractivity (Wildman–Crippen MR) is 75.2 cm³/mol. The molecule has 4 heteroatoms. The van der Waals surface area contributed by atoms with Gasteiger partial charge in [-0.1, -0.05) is 12.1 Å². The van der Waals surface area contributed by atoms with Crippen molar-refractivity contribution in [2.45, 2.75) is 25.8 Å². The van der Waals surface area contributed by atoms with Gasteiger partial charge in [0, 0.05) is 13.6 Å². The van der Waals surface area contributed by atoms with Crippen LogP contribution < -0.4 is 10.1 Å². The molecule has 104 valence electrons. The average molecular weight is 262 g/mol. The Morgan fingerprint density at radius 3 is 3.00 bits per heavy atom. The van der Waals surface area contributed by atoms with E-state index in [0.717, 1.165) is 30.8 Å². The number of ether oxygens (including phenoxy) is 1. The van der Waals surface area contributed by atoms with E-state index >= 15 is 0 Å². The van der Waals surface area contributed by atoms with Crippen LogP contribution in [0.5, 0.6) is 5.75 Å². The van der Waals surface area contributed by atoms with Gasteiger partial charge in [0.05, 0.1) is 6.61 Å². The monoisotopic (exact) mass is 262 g/mol. The van der Waals surface area contributed by atoms with Gasteiger partial charge in [0.1, 0.15) is 11.3 Å². The van der Waals surface area contributed by atoms with Gasteiger partial charge in [-0.3, -0.25) is 10.1 Å². The summed E-state index contributed by atoms with van der Waals surface area (Å²) in [6.45, 7) is 6.17. The highest BCUT2D eigenvalue weighted by Crippen LogP contribution is 2.27. The quantitative estimate of drug-likeness (QED) is 0.902. The van der Waals surface area contributed by atoms with E-state index in [2.05, 4.69) is 5.32 Å². The molecule has 2 rings (SSSR count). The number of amides is 1. The van der Waals surface area contributed by atoms with E-state index in [0.29, 0.717) is 6.61 Å². The standard InChI is InChI=1S/C15H22N2O2/c1-4-19-13-8-5-7-12(11-13)15(2)14(18)17(3)10-6-9-16-15/h5,7-8,11,16H,4,6,9-10H2,1-3H3. The largest absolute Gasteiger partial charge is 0.494 e. The molecule has 0 radical (unpaired) electrons. The molecule has 0 saturated carbocycles. The summed E-state index contributed by atoms with van der Waals surface area (Å²) in [5, 5.41) is 3.38. The fourth-order valence-corrected chi connectivity index (χ4v) is 2.50. The van der Waals surface area contributed by atoms with Crippen LogP contribution in [0.25, 0.3) is 0 Å². The summed E-state index contributed by atoms with van der Waals surface area (Å²) in [6.07, 6.45) is 0.975. The molecular weight excluding hydrogens is 240 g/mol. The zero-order valence-corrected chi connectivity index (χ0v) is 11.9. The van der Waals surface area contributed by atoms with Crippen LogP contribution in [0.15, 0.2) is 24.3 Å². The molecule has 0 aliphatic carbocycles. The molecule has 1 amide bonds. The van der Waals surface area contributed by atoms with Crippen LogP contribution in [0.3, 0.4) is 0 Å². The van der Waals surface area contributed by atoms with Gasteiger partial charge in [-0.15, -0.1) is 0 Å². The summed E-state index contributed by atoms with van der Waals surface area (Å²) in [5.74, 6) is 0.918. The van der Waals surface area contributed by atoms with Crippen molar-refractivity contribution in [1.29, 1.82) is 0 Å². The molecule has 0 aromatic heterocycles. The van der Waals surface area contributed by atoms with Crippen molar-refractivity contribution in [2.24, 2.45) is 0 Å². The fourth-order valence-electron chi connectivity index (χ4n) is 2.50. The molecule has 1 saturated heterocycles. The third-order valence-corrected chi connectivity index (χ3v) is 3.65. The van der Waals surface area contributed by atoms with Crippen LogP contribution in [0.2, 0.25) is 0 Å². The van der Waals surface area contributed by atoms with Crippen molar-refractivity contribution in [3.8, 4) is 5.75 Å². The van der Waals surface area contributed by atoms with Gasteiger partial charge in [-0.2, -0.15) is 0 Å². The minimum Gasteiger partial charge on any atom is -0.494 e. The van der Waals surface area contributed by atoms with E-state index < -0.39 is 5.54 Å². The second kappa shape index (κ2) is 5.61. The lowest BCUT2D eigenvalue weighted by Gasteiger charge is -2.31. The summed E-state index contributed by atoms with van der Waals surface area (Å²) in [7, 11) is 1.86. The van der Waals surface area contributed by atoms with E-state index in [1.54, 1.807) is 4.90 Å². The Balaban J connectivity index is 2.36. The molecule has 1 aliphatic heterocycles. The Kier molecular flexibility index (Phi) is 4.10. The lowest BCUT2D eigenvalue weighted by Crippen LogP contribution is -2.50. The SMILES string of the molecule is CCOc1cccc(C2(C)NCCCN(C)C2=O)c1. The van der Waals surface area contributed by atoms with Crippen molar-refractivity contribution in [2.75, 3.05) is 26.7 Å². The van der Waals surface area contributed by atoms with E-state index in [1.807, 2.05) is 45.2 Å². The van der Waals surface area contributed by atoms with Gasteiger partial charge in [0.2, 0.25) is 5.91 Å². The first-order valence-electron chi connectivity index (χ1n) is 6.82. The maximum Gasteiger partial charge on any atom is 0.246 e. The lowest BCUT2D eigenvalue weighted by molar-refractivity contribution is -0.135. The molecule has 1 N–H and O–H groups in total. The topological polar surface area (TPSA) is 41.6 Å². The summed E-state index contributed by atoms with van der Waals surface area (Å²) in [5.41, 5.74) is 0.287. The number of nitrogens with one attached hydrogen (secondary N) is 1. The molecule has 1 heterocycles. The van der Waals surface area contributed by atoms with E-state index in [-0.39, 0.29) is 5.91 Å². The maximum absolute atomic E-state index is 12.6. The highest BCUT2D eigenvalue weighted by molar-refractivity contribution is 5.87. The molecular formula is C15H22N2O2. The predicted octanol–water partition coefficient (Wildman–Crippen LogP) is 1.75. The number of likely N-dealkylation sites (N-methyl/N-ethyl adjacent to an activating group) is 1. The smallest absolute Gasteiger partial charge is 0.246 e. The van der Waals surface area contributed by atoms with Crippen LogP contribution in [0.1, 0.15) is 25.8 Å². The zero-order chi connectivity index (χ0) is 13.9. The van der Waals surface area contributed by atoms with Gasteiger partial charge in [-0.05, 0) is 44.5 Å².